The molecule has 0 unspecified atom stereocenters. The number of nitrogens with two attached hydrogens (primary N) is 1. The number of carbonyl (C=O) groups is 1. The van der Waals surface area contributed by atoms with Gasteiger partial charge in [0, 0.05) is 12.3 Å². The predicted molar refractivity (Wildman–Crippen MR) is 65.2 cm³/mol. The van der Waals surface area contributed by atoms with E-state index in [1.165, 1.54) is 0 Å². The van der Waals surface area contributed by atoms with E-state index in [1.54, 1.807) is 23.9 Å². The highest BCUT2D eigenvalue weighted by molar-refractivity contribution is 7.98. The van der Waals surface area contributed by atoms with Crippen LogP contribution in [0, 0.1) is 0 Å². The Kier molecular flexibility index (Phi) is 8.91. The molecule has 0 saturated carbocycles. The minimum absolute atomic E-state index is 0.112. The lowest BCUT2D eigenvalue weighted by molar-refractivity contribution is -0.136. The molecule has 0 spiro atoms. The van der Waals surface area contributed by atoms with E-state index in [0.29, 0.717) is 0 Å². The van der Waals surface area contributed by atoms with E-state index in [1.807, 2.05) is 24.5 Å². The maximum atomic E-state index is 10.2. The molecule has 3 nitrogen and oxygen atoms in total. The van der Waals surface area contributed by atoms with E-state index in [2.05, 4.69) is 0 Å². The van der Waals surface area contributed by atoms with Crippen molar-refractivity contribution in [2.75, 3.05) is 18.6 Å². The smallest absolute Gasteiger partial charge is 0.307 e. The Morgan fingerprint density at radius 1 is 1.40 bits per heavy atom. The molecule has 1 aromatic carbocycles. The largest absolute Gasteiger partial charge is 0.481 e. The third kappa shape index (κ3) is 9.31. The molecule has 84 valence electrons. The molecule has 3 N–H and O–H groups in total. The van der Waals surface area contributed by atoms with Gasteiger partial charge in [-0.15, -0.1) is 0 Å². The summed E-state index contributed by atoms with van der Waals surface area (Å²) in [4.78, 5) is 10.2. The van der Waals surface area contributed by atoms with Crippen molar-refractivity contribution >= 4 is 17.7 Å². The maximum absolute atomic E-state index is 10.2. The highest BCUT2D eigenvalue weighted by Gasteiger charge is 1.96. The van der Waals surface area contributed by atoms with Crippen LogP contribution in [0.5, 0.6) is 0 Å². The van der Waals surface area contributed by atoms with E-state index in [-0.39, 0.29) is 6.42 Å². The van der Waals surface area contributed by atoms with Crippen molar-refractivity contribution in [3.63, 3.8) is 0 Å². The summed E-state index contributed by atoms with van der Waals surface area (Å²) in [6.45, 7) is 0.807. The monoisotopic (exact) mass is 227 g/mol. The number of thioether (sulfide) groups is 1. The van der Waals surface area contributed by atoms with Crippen molar-refractivity contribution in [3.8, 4) is 0 Å². The summed E-state index contributed by atoms with van der Waals surface area (Å²) in [5, 5.41) is 8.37. The van der Waals surface area contributed by atoms with Crippen LogP contribution < -0.4 is 5.73 Å². The molecule has 0 aliphatic rings. The van der Waals surface area contributed by atoms with Crippen LogP contribution in [-0.2, 0) is 11.2 Å². The first-order valence-corrected chi connectivity index (χ1v) is 6.04. The van der Waals surface area contributed by atoms with Gasteiger partial charge in [0.2, 0.25) is 0 Å². The van der Waals surface area contributed by atoms with Crippen LogP contribution in [-0.4, -0.2) is 29.6 Å². The Labute approximate surface area is 94.7 Å². The second-order valence-corrected chi connectivity index (χ2v) is 3.82. The molecule has 0 aromatic heterocycles. The molecule has 1 aromatic rings. The summed E-state index contributed by atoms with van der Waals surface area (Å²) >= 11 is 1.78. The predicted octanol–water partition coefficient (Wildman–Crippen LogP) is 1.62. The fourth-order valence-electron chi connectivity index (χ4n) is 0.888. The Balaban J connectivity index is 0.000000336. The highest BCUT2D eigenvalue weighted by Crippen LogP contribution is 1.98. The third-order valence-electron chi connectivity index (χ3n) is 1.52. The Morgan fingerprint density at radius 2 is 2.00 bits per heavy atom. The van der Waals surface area contributed by atoms with E-state index in [9.17, 15) is 4.79 Å². The molecule has 0 fully saturated rings. The fourth-order valence-corrected chi connectivity index (χ4v) is 1.12. The first kappa shape index (κ1) is 14.0. The van der Waals surface area contributed by atoms with Crippen LogP contribution in [0.2, 0.25) is 0 Å². The zero-order valence-electron chi connectivity index (χ0n) is 8.85. The van der Waals surface area contributed by atoms with Gasteiger partial charge in [-0.3, -0.25) is 4.79 Å². The number of rotatable bonds is 4. The molecule has 0 amide bonds. The van der Waals surface area contributed by atoms with Crippen LogP contribution in [0.4, 0.5) is 0 Å². The Morgan fingerprint density at radius 3 is 2.33 bits per heavy atom. The number of hydrogen-bond donors (Lipinski definition) is 2. The molecule has 0 radical (unpaired) electrons. The van der Waals surface area contributed by atoms with Gasteiger partial charge >= 0.3 is 5.97 Å². The molecule has 0 bridgehead atoms. The molecular formula is C11H17NO2S. The summed E-state index contributed by atoms with van der Waals surface area (Å²) in [5.41, 5.74) is 5.96. The van der Waals surface area contributed by atoms with Crippen molar-refractivity contribution in [2.45, 2.75) is 6.42 Å². The van der Waals surface area contributed by atoms with Gasteiger partial charge in [0.25, 0.3) is 0 Å². The first-order valence-electron chi connectivity index (χ1n) is 4.65. The second kappa shape index (κ2) is 9.55. The topological polar surface area (TPSA) is 63.3 Å². The summed E-state index contributed by atoms with van der Waals surface area (Å²) in [6.07, 6.45) is 2.16. The van der Waals surface area contributed by atoms with Crippen molar-refractivity contribution in [2.24, 2.45) is 5.73 Å². The molecule has 0 saturated heterocycles. The van der Waals surface area contributed by atoms with Crippen LogP contribution in [0.1, 0.15) is 5.56 Å². The molecule has 0 heterocycles. The number of carboxylic acid groups (broad SMARTS) is 1. The van der Waals surface area contributed by atoms with Crippen LogP contribution in [0.15, 0.2) is 30.3 Å². The number of hydrogen-bond acceptors (Lipinski definition) is 3. The van der Waals surface area contributed by atoms with Crippen molar-refractivity contribution in [1.82, 2.24) is 0 Å². The molecule has 0 atom stereocenters. The summed E-state index contributed by atoms with van der Waals surface area (Å²) < 4.78 is 0. The maximum Gasteiger partial charge on any atom is 0.307 e. The van der Waals surface area contributed by atoms with Gasteiger partial charge in [-0.05, 0) is 11.8 Å². The van der Waals surface area contributed by atoms with E-state index < -0.39 is 5.97 Å². The van der Waals surface area contributed by atoms with Crippen LogP contribution in [0.25, 0.3) is 0 Å². The quantitative estimate of drug-likeness (QED) is 0.820. The zero-order chi connectivity index (χ0) is 11.5. The molecular weight excluding hydrogens is 210 g/mol. The van der Waals surface area contributed by atoms with Crippen LogP contribution in [0.3, 0.4) is 0 Å². The average molecular weight is 227 g/mol. The highest BCUT2D eigenvalue weighted by atomic mass is 32.2. The Hall–Kier alpha value is -1.00. The van der Waals surface area contributed by atoms with Crippen molar-refractivity contribution in [3.05, 3.63) is 35.9 Å². The van der Waals surface area contributed by atoms with E-state index in [0.717, 1.165) is 17.9 Å². The first-order chi connectivity index (χ1) is 7.20. The van der Waals surface area contributed by atoms with Crippen molar-refractivity contribution in [1.29, 1.82) is 0 Å². The zero-order valence-corrected chi connectivity index (χ0v) is 9.67. The summed E-state index contributed by atoms with van der Waals surface area (Å²) in [5.74, 6) is 0.297. The lowest BCUT2D eigenvalue weighted by Crippen LogP contribution is -1.99. The normalized spacial score (nSPS) is 8.93. The molecule has 1 rings (SSSR count). The molecule has 0 aliphatic carbocycles. The molecule has 4 heteroatoms. The van der Waals surface area contributed by atoms with Gasteiger partial charge in [-0.2, -0.15) is 11.8 Å². The second-order valence-electron chi connectivity index (χ2n) is 2.84. The van der Waals surface area contributed by atoms with Gasteiger partial charge in [0.1, 0.15) is 0 Å². The van der Waals surface area contributed by atoms with Gasteiger partial charge < -0.3 is 10.8 Å². The summed E-state index contributed by atoms with van der Waals surface area (Å²) in [6, 6.07) is 9.13. The Bertz CT molecular complexity index is 263. The van der Waals surface area contributed by atoms with Gasteiger partial charge in [0.15, 0.2) is 0 Å². The van der Waals surface area contributed by atoms with E-state index in [4.69, 9.17) is 10.8 Å². The lowest BCUT2D eigenvalue weighted by atomic mass is 10.2. The lowest BCUT2D eigenvalue weighted by Gasteiger charge is -1.92. The standard InChI is InChI=1S/C8H8O2.C3H9NS/c9-8(10)6-7-4-2-1-3-5-7;1-5-3-2-4/h1-5H,6H2,(H,9,10);2-4H2,1H3. The van der Waals surface area contributed by atoms with Gasteiger partial charge in [-0.25, -0.2) is 0 Å². The van der Waals surface area contributed by atoms with Gasteiger partial charge in [-0.1, -0.05) is 30.3 Å². The number of aliphatic carboxylic acids is 1. The van der Waals surface area contributed by atoms with Crippen LogP contribution >= 0.6 is 11.8 Å². The summed E-state index contributed by atoms with van der Waals surface area (Å²) in [7, 11) is 0. The number of carboxylic acids is 1. The minimum Gasteiger partial charge on any atom is -0.481 e. The average Bonchev–Trinajstić information content (AvgIpc) is 2.20. The third-order valence-corrected chi connectivity index (χ3v) is 2.16. The van der Waals surface area contributed by atoms with Crippen molar-refractivity contribution < 1.29 is 9.90 Å². The molecule has 15 heavy (non-hydrogen) atoms. The van der Waals surface area contributed by atoms with Gasteiger partial charge in [0.05, 0.1) is 6.42 Å². The fraction of sp³-hybridized carbons (Fsp3) is 0.364. The van der Waals surface area contributed by atoms with E-state index >= 15 is 0 Å². The number of benzene rings is 1. The molecule has 0 aliphatic heterocycles. The minimum atomic E-state index is -0.786. The SMILES string of the molecule is CSCCN.O=C(O)Cc1ccccc1.